The number of amides is 1. The number of hydrazine groups is 1. The molecule has 0 aliphatic heterocycles. The van der Waals surface area contributed by atoms with Crippen molar-refractivity contribution in [2.24, 2.45) is 0 Å². The van der Waals surface area contributed by atoms with Gasteiger partial charge in [-0.1, -0.05) is 24.3 Å². The van der Waals surface area contributed by atoms with E-state index in [1.807, 2.05) is 41.8 Å². The summed E-state index contributed by atoms with van der Waals surface area (Å²) in [6, 6.07) is 12.9. The molecular formula is C15H15N3O2S2. The minimum absolute atomic E-state index is 0.0323. The van der Waals surface area contributed by atoms with Gasteiger partial charge in [-0.2, -0.15) is 0 Å². The Bertz CT molecular complexity index is 642. The number of hydrogen-bond donors (Lipinski definition) is 3. The smallest absolute Gasteiger partial charge is 0.238 e. The Morgan fingerprint density at radius 2 is 1.77 bits per heavy atom. The Kier molecular flexibility index (Phi) is 6.05. The minimum atomic E-state index is -0.290. The third kappa shape index (κ3) is 5.27. The molecule has 0 fully saturated rings. The van der Waals surface area contributed by atoms with E-state index >= 15 is 0 Å². The zero-order valence-corrected chi connectivity index (χ0v) is 13.3. The molecule has 0 saturated heterocycles. The van der Waals surface area contributed by atoms with E-state index in [1.165, 1.54) is 11.3 Å². The van der Waals surface area contributed by atoms with Crippen molar-refractivity contribution < 1.29 is 9.59 Å². The van der Waals surface area contributed by atoms with Crippen molar-refractivity contribution in [3.8, 4) is 0 Å². The average molecular weight is 333 g/mol. The van der Waals surface area contributed by atoms with Gasteiger partial charge in [0, 0.05) is 18.5 Å². The number of carbonyl (C=O) groups is 2. The number of benzene rings is 1. The Hall–Kier alpha value is -2.25. The van der Waals surface area contributed by atoms with Crippen LogP contribution in [0.25, 0.3) is 0 Å². The number of hydrogen-bond acceptors (Lipinski definition) is 4. The lowest BCUT2D eigenvalue weighted by Crippen LogP contribution is -2.43. The number of Topliss-reactive ketones (excluding diaryl/α,β-unsaturated/α-hetero) is 1. The molecule has 0 atom stereocenters. The van der Waals surface area contributed by atoms with E-state index in [1.54, 1.807) is 6.07 Å². The summed E-state index contributed by atoms with van der Waals surface area (Å²) < 4.78 is 0. The van der Waals surface area contributed by atoms with Gasteiger partial charge in [-0.05, 0) is 35.8 Å². The number of para-hydroxylation sites is 1. The third-order valence-electron chi connectivity index (χ3n) is 2.72. The molecule has 0 aliphatic rings. The number of ketones is 1. The maximum atomic E-state index is 11.8. The van der Waals surface area contributed by atoms with Crippen LogP contribution in [0.4, 0.5) is 5.69 Å². The van der Waals surface area contributed by atoms with Crippen LogP contribution in [-0.2, 0) is 4.79 Å². The zero-order chi connectivity index (χ0) is 15.8. The molecule has 7 heteroatoms. The molecule has 2 aromatic rings. The molecule has 2 rings (SSSR count). The molecular weight excluding hydrogens is 318 g/mol. The van der Waals surface area contributed by atoms with Gasteiger partial charge in [0.2, 0.25) is 5.91 Å². The topological polar surface area (TPSA) is 70.2 Å². The highest BCUT2D eigenvalue weighted by Gasteiger charge is 2.10. The van der Waals surface area contributed by atoms with Gasteiger partial charge >= 0.3 is 0 Å². The normalized spacial score (nSPS) is 9.82. The summed E-state index contributed by atoms with van der Waals surface area (Å²) in [7, 11) is 0. The summed E-state index contributed by atoms with van der Waals surface area (Å²) >= 11 is 6.43. The first kappa shape index (κ1) is 16.1. The van der Waals surface area contributed by atoms with Crippen LogP contribution in [0.1, 0.15) is 22.5 Å². The largest absolute Gasteiger partial charge is 0.331 e. The van der Waals surface area contributed by atoms with Gasteiger partial charge in [-0.15, -0.1) is 11.3 Å². The van der Waals surface area contributed by atoms with Gasteiger partial charge in [0.05, 0.1) is 4.88 Å². The van der Waals surface area contributed by atoms with Crippen LogP contribution >= 0.6 is 23.6 Å². The SMILES string of the molecule is O=C(CCC(=O)c1cccs1)NNC(=S)Nc1ccccc1. The van der Waals surface area contributed by atoms with Crippen LogP contribution < -0.4 is 16.2 Å². The summed E-state index contributed by atoms with van der Waals surface area (Å²) in [6.07, 6.45) is 0.282. The predicted molar refractivity (Wildman–Crippen MR) is 91.8 cm³/mol. The lowest BCUT2D eigenvalue weighted by molar-refractivity contribution is -0.121. The molecule has 1 amide bonds. The van der Waals surface area contributed by atoms with E-state index in [0.717, 1.165) is 5.69 Å². The fraction of sp³-hybridized carbons (Fsp3) is 0.133. The molecule has 114 valence electrons. The molecule has 0 saturated carbocycles. The standard InChI is InChI=1S/C15H15N3O2S2/c19-12(13-7-4-10-22-13)8-9-14(20)17-18-15(21)16-11-5-2-1-3-6-11/h1-7,10H,8-9H2,(H,17,20)(H2,16,18,21). The van der Waals surface area contributed by atoms with E-state index in [2.05, 4.69) is 16.2 Å². The first-order valence-electron chi connectivity index (χ1n) is 6.63. The highest BCUT2D eigenvalue weighted by atomic mass is 32.1. The fourth-order valence-corrected chi connectivity index (χ4v) is 2.52. The molecule has 3 N–H and O–H groups in total. The van der Waals surface area contributed by atoms with Crippen LogP contribution in [-0.4, -0.2) is 16.8 Å². The summed E-state index contributed by atoms with van der Waals surface area (Å²) in [5.74, 6) is -0.322. The summed E-state index contributed by atoms with van der Waals surface area (Å²) in [4.78, 5) is 24.1. The molecule has 22 heavy (non-hydrogen) atoms. The zero-order valence-electron chi connectivity index (χ0n) is 11.7. The number of carbonyl (C=O) groups excluding carboxylic acids is 2. The highest BCUT2D eigenvalue weighted by molar-refractivity contribution is 7.80. The summed E-state index contributed by atoms with van der Waals surface area (Å²) in [5.41, 5.74) is 5.88. The number of thiocarbonyl (C=S) groups is 1. The molecule has 0 unspecified atom stereocenters. The van der Waals surface area contributed by atoms with Crippen molar-refractivity contribution in [3.05, 3.63) is 52.7 Å². The number of thiophene rings is 1. The van der Waals surface area contributed by atoms with Gasteiger partial charge in [0.25, 0.3) is 0 Å². The third-order valence-corrected chi connectivity index (χ3v) is 3.84. The highest BCUT2D eigenvalue weighted by Crippen LogP contribution is 2.12. The van der Waals surface area contributed by atoms with Crippen LogP contribution in [0.3, 0.4) is 0 Å². The van der Waals surface area contributed by atoms with Gasteiger partial charge in [-0.3, -0.25) is 20.4 Å². The Morgan fingerprint density at radius 1 is 1.00 bits per heavy atom. The van der Waals surface area contributed by atoms with Gasteiger partial charge < -0.3 is 5.32 Å². The predicted octanol–water partition coefficient (Wildman–Crippen LogP) is 2.73. The van der Waals surface area contributed by atoms with Crippen molar-refractivity contribution in [1.29, 1.82) is 0 Å². The molecule has 1 aromatic heterocycles. The molecule has 1 aromatic carbocycles. The lowest BCUT2D eigenvalue weighted by Gasteiger charge is -2.11. The van der Waals surface area contributed by atoms with E-state index < -0.39 is 0 Å². The molecule has 1 heterocycles. The Morgan fingerprint density at radius 3 is 2.45 bits per heavy atom. The number of rotatable bonds is 5. The van der Waals surface area contributed by atoms with Crippen molar-refractivity contribution >= 4 is 46.0 Å². The van der Waals surface area contributed by atoms with Gasteiger partial charge in [-0.25, -0.2) is 0 Å². The van der Waals surface area contributed by atoms with Crippen molar-refractivity contribution in [3.63, 3.8) is 0 Å². The number of anilines is 1. The number of nitrogens with one attached hydrogen (secondary N) is 3. The van der Waals surface area contributed by atoms with Crippen LogP contribution in [0.2, 0.25) is 0 Å². The van der Waals surface area contributed by atoms with Crippen molar-refractivity contribution in [2.45, 2.75) is 12.8 Å². The first-order valence-corrected chi connectivity index (χ1v) is 7.91. The Balaban J connectivity index is 1.67. The molecule has 0 spiro atoms. The van der Waals surface area contributed by atoms with Crippen molar-refractivity contribution in [2.75, 3.05) is 5.32 Å². The first-order chi connectivity index (χ1) is 10.6. The van der Waals surface area contributed by atoms with E-state index in [9.17, 15) is 9.59 Å². The summed E-state index contributed by atoms with van der Waals surface area (Å²) in [6.45, 7) is 0. The second kappa shape index (κ2) is 8.26. The van der Waals surface area contributed by atoms with E-state index in [0.29, 0.717) is 4.88 Å². The molecule has 0 bridgehead atoms. The lowest BCUT2D eigenvalue weighted by atomic mass is 10.2. The molecule has 0 radical (unpaired) electrons. The quantitative estimate of drug-likeness (QED) is 0.446. The maximum Gasteiger partial charge on any atom is 0.238 e. The van der Waals surface area contributed by atoms with Crippen LogP contribution in [0.15, 0.2) is 47.8 Å². The second-order valence-electron chi connectivity index (χ2n) is 4.39. The average Bonchev–Trinajstić information content (AvgIpc) is 3.06. The minimum Gasteiger partial charge on any atom is -0.331 e. The van der Waals surface area contributed by atoms with Gasteiger partial charge in [0.1, 0.15) is 0 Å². The van der Waals surface area contributed by atoms with Crippen LogP contribution in [0, 0.1) is 0 Å². The molecule has 5 nitrogen and oxygen atoms in total. The maximum absolute atomic E-state index is 11.8. The second-order valence-corrected chi connectivity index (χ2v) is 5.75. The molecule has 0 aliphatic carbocycles. The Labute approximate surface area is 137 Å². The monoisotopic (exact) mass is 333 g/mol. The van der Waals surface area contributed by atoms with Crippen molar-refractivity contribution in [1.82, 2.24) is 10.9 Å². The fourth-order valence-electron chi connectivity index (χ4n) is 1.66. The summed E-state index contributed by atoms with van der Waals surface area (Å²) in [5, 5.41) is 5.04. The van der Waals surface area contributed by atoms with E-state index in [-0.39, 0.29) is 29.6 Å². The van der Waals surface area contributed by atoms with E-state index in [4.69, 9.17) is 12.2 Å². The van der Waals surface area contributed by atoms with Gasteiger partial charge in [0.15, 0.2) is 10.9 Å². The van der Waals surface area contributed by atoms with Crippen LogP contribution in [0.5, 0.6) is 0 Å².